The molecule has 1 saturated heterocycles. The maximum atomic E-state index is 13.0. The van der Waals surface area contributed by atoms with Gasteiger partial charge in [-0.15, -0.1) is 11.8 Å². The number of thioether (sulfide) groups is 1. The lowest BCUT2D eigenvalue weighted by molar-refractivity contribution is -0.115. The summed E-state index contributed by atoms with van der Waals surface area (Å²) in [6, 6.07) is 13.8. The van der Waals surface area contributed by atoms with Crippen LogP contribution >= 0.6 is 11.8 Å². The summed E-state index contributed by atoms with van der Waals surface area (Å²) in [4.78, 5) is 40.1. The van der Waals surface area contributed by atoms with Crippen LogP contribution in [0.5, 0.6) is 0 Å². The Balaban J connectivity index is 1.54. The van der Waals surface area contributed by atoms with E-state index >= 15 is 0 Å². The van der Waals surface area contributed by atoms with Crippen molar-refractivity contribution in [1.29, 1.82) is 0 Å². The Kier molecular flexibility index (Phi) is 4.80. The number of aromatic amines is 1. The van der Waals surface area contributed by atoms with E-state index in [0.29, 0.717) is 23.1 Å². The summed E-state index contributed by atoms with van der Waals surface area (Å²) >= 11 is 1.54. The summed E-state index contributed by atoms with van der Waals surface area (Å²) < 4.78 is 0. The molecular weight excluding hydrogens is 434 g/mol. The van der Waals surface area contributed by atoms with Crippen molar-refractivity contribution in [2.24, 2.45) is 0 Å². The number of fused-ring (bicyclic) bond motifs is 1. The number of carbonyl (C=O) groups is 1. The first-order valence-corrected chi connectivity index (χ1v) is 11.4. The zero-order chi connectivity index (χ0) is 22.2. The molecule has 1 atom stereocenters. The second kappa shape index (κ2) is 8.10. The van der Waals surface area contributed by atoms with Gasteiger partial charge >= 0.3 is 0 Å². The molecule has 0 spiro atoms. The van der Waals surface area contributed by atoms with Crippen LogP contribution in [0.25, 0.3) is 33.4 Å². The number of anilines is 1. The quantitative estimate of drug-likeness (QED) is 0.436. The highest BCUT2D eigenvalue weighted by atomic mass is 32.2. The largest absolute Gasteiger partial charge is 0.360 e. The number of benzene rings is 1. The number of amides is 1. The van der Waals surface area contributed by atoms with Crippen LogP contribution in [0.2, 0.25) is 0 Å². The molecule has 1 aromatic carbocycles. The van der Waals surface area contributed by atoms with Gasteiger partial charge in [0.25, 0.3) is 0 Å². The van der Waals surface area contributed by atoms with E-state index in [1.54, 1.807) is 29.7 Å². The van der Waals surface area contributed by atoms with Gasteiger partial charge in [0.05, 0.1) is 17.1 Å². The van der Waals surface area contributed by atoms with E-state index in [2.05, 4.69) is 19.9 Å². The van der Waals surface area contributed by atoms with Crippen molar-refractivity contribution in [3.05, 3.63) is 85.3 Å². The number of hydrogen-bond donors (Lipinski definition) is 1. The minimum absolute atomic E-state index is 0.0415. The van der Waals surface area contributed by atoms with E-state index in [0.717, 1.165) is 27.6 Å². The molecule has 9 heteroatoms. The van der Waals surface area contributed by atoms with E-state index in [-0.39, 0.29) is 11.3 Å². The molecule has 1 aliphatic heterocycles. The lowest BCUT2D eigenvalue weighted by atomic mass is 10.1. The summed E-state index contributed by atoms with van der Waals surface area (Å²) in [6.07, 6.45) is 10.3. The molecule has 5 heterocycles. The SMILES string of the molecule is O=C1CSC(c2cccnc2)N1c1nc(-c2cncnc2)cc(-c2c[nH]c3ccccc23)n1. The third kappa shape index (κ3) is 3.52. The lowest BCUT2D eigenvalue weighted by Crippen LogP contribution is -2.30. The zero-order valence-corrected chi connectivity index (χ0v) is 18.1. The third-order valence-electron chi connectivity index (χ3n) is 5.49. The summed E-state index contributed by atoms with van der Waals surface area (Å²) in [5.41, 5.74) is 4.99. The van der Waals surface area contributed by atoms with E-state index < -0.39 is 0 Å². The first-order valence-electron chi connectivity index (χ1n) is 10.3. The monoisotopic (exact) mass is 451 g/mol. The van der Waals surface area contributed by atoms with Gasteiger partial charge in [-0.2, -0.15) is 0 Å². The Bertz CT molecular complexity index is 1460. The molecule has 5 aromatic rings. The number of rotatable bonds is 4. The van der Waals surface area contributed by atoms with Crippen molar-refractivity contribution >= 4 is 34.5 Å². The van der Waals surface area contributed by atoms with Crippen LogP contribution in [0, 0.1) is 0 Å². The molecular formula is C24H17N7OS. The number of pyridine rings is 1. The summed E-state index contributed by atoms with van der Waals surface area (Å²) in [7, 11) is 0. The topological polar surface area (TPSA) is 101 Å². The van der Waals surface area contributed by atoms with E-state index in [1.165, 1.54) is 18.1 Å². The van der Waals surface area contributed by atoms with E-state index in [1.807, 2.05) is 48.7 Å². The van der Waals surface area contributed by atoms with Crippen LogP contribution < -0.4 is 4.90 Å². The van der Waals surface area contributed by atoms with Gasteiger partial charge in [0, 0.05) is 58.6 Å². The van der Waals surface area contributed by atoms with Gasteiger partial charge in [-0.05, 0) is 18.2 Å². The molecule has 6 rings (SSSR count). The fourth-order valence-corrected chi connectivity index (χ4v) is 5.08. The van der Waals surface area contributed by atoms with Crippen LogP contribution in [-0.4, -0.2) is 41.6 Å². The van der Waals surface area contributed by atoms with Crippen molar-refractivity contribution in [2.45, 2.75) is 5.37 Å². The molecule has 1 N–H and O–H groups in total. The molecule has 0 radical (unpaired) electrons. The van der Waals surface area contributed by atoms with Crippen LogP contribution in [0.15, 0.2) is 79.8 Å². The maximum Gasteiger partial charge on any atom is 0.240 e. The van der Waals surface area contributed by atoms with Crippen LogP contribution in [0.3, 0.4) is 0 Å². The highest BCUT2D eigenvalue weighted by Gasteiger charge is 2.36. The summed E-state index contributed by atoms with van der Waals surface area (Å²) in [5, 5.41) is 0.799. The predicted octanol–water partition coefficient (Wildman–Crippen LogP) is 4.26. The smallest absolute Gasteiger partial charge is 0.240 e. The minimum Gasteiger partial charge on any atom is -0.360 e. The second-order valence-corrected chi connectivity index (χ2v) is 8.60. The first kappa shape index (κ1) is 19.6. The number of H-pyrrole nitrogens is 1. The van der Waals surface area contributed by atoms with Crippen LogP contribution in [-0.2, 0) is 4.79 Å². The molecule has 1 fully saturated rings. The molecule has 1 aliphatic rings. The van der Waals surface area contributed by atoms with Crippen molar-refractivity contribution in [3.63, 3.8) is 0 Å². The fourth-order valence-electron chi connectivity index (χ4n) is 3.95. The molecule has 0 aliphatic carbocycles. The average Bonchev–Trinajstić information content (AvgIpc) is 3.48. The third-order valence-corrected chi connectivity index (χ3v) is 6.70. The van der Waals surface area contributed by atoms with Gasteiger partial charge in [0.2, 0.25) is 11.9 Å². The minimum atomic E-state index is -0.246. The van der Waals surface area contributed by atoms with Gasteiger partial charge < -0.3 is 4.98 Å². The number of aromatic nitrogens is 6. The summed E-state index contributed by atoms with van der Waals surface area (Å²) in [5.74, 6) is 0.657. The number of nitrogens with zero attached hydrogens (tertiary/aromatic N) is 6. The van der Waals surface area contributed by atoms with E-state index in [4.69, 9.17) is 9.97 Å². The van der Waals surface area contributed by atoms with Gasteiger partial charge in [-0.25, -0.2) is 19.9 Å². The summed E-state index contributed by atoms with van der Waals surface area (Å²) in [6.45, 7) is 0. The van der Waals surface area contributed by atoms with Crippen LogP contribution in [0.1, 0.15) is 10.9 Å². The van der Waals surface area contributed by atoms with Crippen molar-refractivity contribution in [1.82, 2.24) is 29.9 Å². The molecule has 8 nitrogen and oxygen atoms in total. The number of nitrogens with one attached hydrogen (secondary N) is 1. The molecule has 0 saturated carbocycles. The van der Waals surface area contributed by atoms with Crippen molar-refractivity contribution in [3.8, 4) is 22.5 Å². The Morgan fingerprint density at radius 1 is 0.970 bits per heavy atom. The highest BCUT2D eigenvalue weighted by molar-refractivity contribution is 8.00. The zero-order valence-electron chi connectivity index (χ0n) is 17.3. The van der Waals surface area contributed by atoms with Crippen molar-refractivity contribution < 1.29 is 4.79 Å². The number of hydrogen-bond acceptors (Lipinski definition) is 7. The number of carbonyl (C=O) groups excluding carboxylic acids is 1. The average molecular weight is 452 g/mol. The molecule has 1 amide bonds. The first-order chi connectivity index (χ1) is 16.3. The molecule has 160 valence electrons. The van der Waals surface area contributed by atoms with Gasteiger partial charge in [0.1, 0.15) is 11.7 Å². The van der Waals surface area contributed by atoms with Crippen LogP contribution in [0.4, 0.5) is 5.95 Å². The predicted molar refractivity (Wildman–Crippen MR) is 127 cm³/mol. The Morgan fingerprint density at radius 2 is 1.82 bits per heavy atom. The Labute approximate surface area is 193 Å². The highest BCUT2D eigenvalue weighted by Crippen LogP contribution is 2.41. The molecule has 1 unspecified atom stereocenters. The Hall–Kier alpha value is -4.11. The normalized spacial score (nSPS) is 15.9. The second-order valence-electron chi connectivity index (χ2n) is 7.53. The lowest BCUT2D eigenvalue weighted by Gasteiger charge is -2.23. The molecule has 0 bridgehead atoms. The van der Waals surface area contributed by atoms with Gasteiger partial charge in [-0.1, -0.05) is 24.3 Å². The van der Waals surface area contributed by atoms with Gasteiger partial charge in [-0.3, -0.25) is 14.7 Å². The van der Waals surface area contributed by atoms with Crippen molar-refractivity contribution in [2.75, 3.05) is 10.7 Å². The standard InChI is InChI=1S/C24H17N7OS/c32-22-13-33-23(15-4-3-7-25-9-15)31(22)24-29-20(16-10-26-14-27-11-16)8-21(30-24)18-12-28-19-6-2-1-5-17(18)19/h1-12,14,23,28H,13H2. The molecule has 4 aromatic heterocycles. The van der Waals surface area contributed by atoms with E-state index in [9.17, 15) is 4.79 Å². The van der Waals surface area contributed by atoms with Gasteiger partial charge in [0.15, 0.2) is 0 Å². The fraction of sp³-hybridized carbons (Fsp3) is 0.0833. The Morgan fingerprint density at radius 3 is 2.67 bits per heavy atom. The molecule has 33 heavy (non-hydrogen) atoms. The maximum absolute atomic E-state index is 13.0. The number of para-hydroxylation sites is 1.